The van der Waals surface area contributed by atoms with Gasteiger partial charge in [-0.25, -0.2) is 0 Å². The van der Waals surface area contributed by atoms with E-state index in [-0.39, 0.29) is 11.9 Å². The highest BCUT2D eigenvalue weighted by Crippen LogP contribution is 2.39. The summed E-state index contributed by atoms with van der Waals surface area (Å²) in [6, 6.07) is 10.7. The van der Waals surface area contributed by atoms with Crippen LogP contribution in [0.15, 0.2) is 35.7 Å². The standard InChI is InChI=1S/C17H19NOS/c1-3-16(19)18-10-8-15-14(9-11-20-15)17(18)13-7-5-4-6-12(13)2/h4-7,9,11,17H,3,8,10H2,1-2H3. The Balaban J connectivity index is 2.12. The van der Waals surface area contributed by atoms with Crippen molar-refractivity contribution >= 4 is 17.2 Å². The van der Waals surface area contributed by atoms with E-state index in [1.165, 1.54) is 21.6 Å². The minimum Gasteiger partial charge on any atom is -0.331 e. The Morgan fingerprint density at radius 2 is 2.10 bits per heavy atom. The maximum atomic E-state index is 12.3. The van der Waals surface area contributed by atoms with Crippen LogP contribution in [-0.2, 0) is 11.2 Å². The number of aryl methyl sites for hydroxylation is 1. The number of carbonyl (C=O) groups is 1. The van der Waals surface area contributed by atoms with Crippen LogP contribution in [0.25, 0.3) is 0 Å². The average Bonchev–Trinajstić information content (AvgIpc) is 2.94. The van der Waals surface area contributed by atoms with Crippen LogP contribution in [0.3, 0.4) is 0 Å². The van der Waals surface area contributed by atoms with Gasteiger partial charge in [-0.3, -0.25) is 4.79 Å². The Morgan fingerprint density at radius 1 is 1.30 bits per heavy atom. The van der Waals surface area contributed by atoms with Crippen molar-refractivity contribution in [3.8, 4) is 0 Å². The third-order valence-corrected chi connectivity index (χ3v) is 5.07. The van der Waals surface area contributed by atoms with Gasteiger partial charge in [0.05, 0.1) is 6.04 Å². The van der Waals surface area contributed by atoms with E-state index in [1.807, 2.05) is 18.3 Å². The number of benzene rings is 1. The number of hydrogen-bond acceptors (Lipinski definition) is 2. The van der Waals surface area contributed by atoms with Crippen LogP contribution in [0.2, 0.25) is 0 Å². The number of amides is 1. The number of nitrogens with zero attached hydrogens (tertiary/aromatic N) is 1. The van der Waals surface area contributed by atoms with Crippen LogP contribution in [0, 0.1) is 6.92 Å². The molecule has 20 heavy (non-hydrogen) atoms. The Labute approximate surface area is 124 Å². The molecule has 3 rings (SSSR count). The highest BCUT2D eigenvalue weighted by atomic mass is 32.1. The molecule has 0 fully saturated rings. The summed E-state index contributed by atoms with van der Waals surface area (Å²) >= 11 is 1.81. The van der Waals surface area contributed by atoms with Gasteiger partial charge >= 0.3 is 0 Å². The van der Waals surface area contributed by atoms with Crippen LogP contribution in [0.1, 0.15) is 41.0 Å². The molecule has 1 aromatic carbocycles. The lowest BCUT2D eigenvalue weighted by atomic mass is 9.90. The van der Waals surface area contributed by atoms with Gasteiger partial charge in [-0.05, 0) is 41.5 Å². The van der Waals surface area contributed by atoms with Crippen molar-refractivity contribution in [3.63, 3.8) is 0 Å². The lowest BCUT2D eigenvalue weighted by molar-refractivity contribution is -0.132. The minimum absolute atomic E-state index is 0.0960. The molecule has 2 heterocycles. The first-order valence-electron chi connectivity index (χ1n) is 7.13. The van der Waals surface area contributed by atoms with Crippen molar-refractivity contribution < 1.29 is 4.79 Å². The molecule has 1 amide bonds. The summed E-state index contributed by atoms with van der Waals surface area (Å²) in [5.74, 6) is 0.245. The fourth-order valence-corrected chi connectivity index (χ4v) is 3.92. The number of thiophene rings is 1. The number of carbonyl (C=O) groups excluding carboxylic acids is 1. The van der Waals surface area contributed by atoms with Gasteiger partial charge in [0, 0.05) is 17.8 Å². The fourth-order valence-electron chi connectivity index (χ4n) is 3.02. The average molecular weight is 285 g/mol. The zero-order valence-corrected chi connectivity index (χ0v) is 12.7. The maximum Gasteiger partial charge on any atom is 0.223 e. The lowest BCUT2D eigenvalue weighted by Gasteiger charge is -2.37. The van der Waals surface area contributed by atoms with Crippen molar-refractivity contribution in [1.29, 1.82) is 0 Å². The molecule has 1 unspecified atom stereocenters. The summed E-state index contributed by atoms with van der Waals surface area (Å²) in [7, 11) is 0. The van der Waals surface area contributed by atoms with E-state index >= 15 is 0 Å². The van der Waals surface area contributed by atoms with Crippen LogP contribution >= 0.6 is 11.3 Å². The molecule has 0 radical (unpaired) electrons. The molecular formula is C17H19NOS. The molecule has 1 aliphatic rings. The second kappa shape index (κ2) is 5.41. The van der Waals surface area contributed by atoms with E-state index in [0.29, 0.717) is 6.42 Å². The lowest BCUT2D eigenvalue weighted by Crippen LogP contribution is -2.39. The van der Waals surface area contributed by atoms with Gasteiger partial charge < -0.3 is 4.90 Å². The largest absolute Gasteiger partial charge is 0.331 e. The summed E-state index contributed by atoms with van der Waals surface area (Å²) in [6.45, 7) is 4.91. The third-order valence-electron chi connectivity index (χ3n) is 4.07. The summed E-state index contributed by atoms with van der Waals surface area (Å²) in [5.41, 5.74) is 3.83. The summed E-state index contributed by atoms with van der Waals surface area (Å²) < 4.78 is 0. The molecule has 0 aliphatic carbocycles. The van der Waals surface area contributed by atoms with Crippen LogP contribution in [-0.4, -0.2) is 17.4 Å². The Bertz CT molecular complexity index is 631. The van der Waals surface area contributed by atoms with Crippen LogP contribution < -0.4 is 0 Å². The Hall–Kier alpha value is -1.61. The van der Waals surface area contributed by atoms with Gasteiger partial charge in [-0.2, -0.15) is 0 Å². The third kappa shape index (κ3) is 2.16. The predicted octanol–water partition coefficient (Wildman–Crippen LogP) is 3.94. The van der Waals surface area contributed by atoms with Crippen LogP contribution in [0.5, 0.6) is 0 Å². The first-order chi connectivity index (χ1) is 9.72. The normalized spacial score (nSPS) is 17.9. The molecule has 2 nitrogen and oxygen atoms in total. The number of hydrogen-bond donors (Lipinski definition) is 0. The smallest absolute Gasteiger partial charge is 0.223 e. The van der Waals surface area contributed by atoms with Gasteiger partial charge in [0.1, 0.15) is 0 Å². The fraction of sp³-hybridized carbons (Fsp3) is 0.353. The van der Waals surface area contributed by atoms with Gasteiger partial charge in [-0.15, -0.1) is 11.3 Å². The molecule has 0 N–H and O–H groups in total. The highest BCUT2D eigenvalue weighted by Gasteiger charge is 2.32. The zero-order chi connectivity index (χ0) is 14.1. The number of rotatable bonds is 2. The second-order valence-electron chi connectivity index (χ2n) is 5.25. The van der Waals surface area contributed by atoms with Crippen LogP contribution in [0.4, 0.5) is 0 Å². The van der Waals surface area contributed by atoms with E-state index < -0.39 is 0 Å². The SMILES string of the molecule is CCC(=O)N1CCc2sccc2C1c1ccccc1C. The van der Waals surface area contributed by atoms with Crippen molar-refractivity contribution in [2.75, 3.05) is 6.54 Å². The topological polar surface area (TPSA) is 20.3 Å². The molecule has 0 saturated heterocycles. The van der Waals surface area contributed by atoms with Gasteiger partial charge in [0.2, 0.25) is 5.91 Å². The van der Waals surface area contributed by atoms with E-state index in [4.69, 9.17) is 0 Å². The highest BCUT2D eigenvalue weighted by molar-refractivity contribution is 7.10. The summed E-state index contributed by atoms with van der Waals surface area (Å²) in [4.78, 5) is 15.8. The van der Waals surface area contributed by atoms with Gasteiger partial charge in [-0.1, -0.05) is 31.2 Å². The van der Waals surface area contributed by atoms with Gasteiger partial charge in [0.15, 0.2) is 0 Å². The summed E-state index contributed by atoms with van der Waals surface area (Å²) in [6.07, 6.45) is 1.56. The Kier molecular flexibility index (Phi) is 3.62. The van der Waals surface area contributed by atoms with Crippen molar-refractivity contribution in [1.82, 2.24) is 4.90 Å². The predicted molar refractivity (Wildman–Crippen MR) is 83.0 cm³/mol. The quantitative estimate of drug-likeness (QED) is 0.818. The minimum atomic E-state index is 0.0960. The first kappa shape index (κ1) is 13.4. The van der Waals surface area contributed by atoms with Crippen molar-refractivity contribution in [3.05, 3.63) is 57.3 Å². The van der Waals surface area contributed by atoms with Crippen molar-refractivity contribution in [2.24, 2.45) is 0 Å². The molecule has 104 valence electrons. The monoisotopic (exact) mass is 285 g/mol. The molecule has 3 heteroatoms. The van der Waals surface area contributed by atoms with E-state index in [1.54, 1.807) is 0 Å². The zero-order valence-electron chi connectivity index (χ0n) is 11.9. The van der Waals surface area contributed by atoms with E-state index in [2.05, 4.69) is 47.5 Å². The van der Waals surface area contributed by atoms with Crippen molar-refractivity contribution in [2.45, 2.75) is 32.7 Å². The molecular weight excluding hydrogens is 266 g/mol. The molecule has 0 saturated carbocycles. The summed E-state index contributed by atoms with van der Waals surface area (Å²) in [5, 5.41) is 2.15. The molecule has 1 aromatic heterocycles. The maximum absolute atomic E-state index is 12.3. The molecule has 2 aromatic rings. The molecule has 1 aliphatic heterocycles. The van der Waals surface area contributed by atoms with E-state index in [0.717, 1.165) is 13.0 Å². The second-order valence-corrected chi connectivity index (χ2v) is 6.25. The molecule has 1 atom stereocenters. The molecule has 0 spiro atoms. The van der Waals surface area contributed by atoms with Gasteiger partial charge in [0.25, 0.3) is 0 Å². The number of fused-ring (bicyclic) bond motifs is 1. The molecule has 0 bridgehead atoms. The Morgan fingerprint density at radius 3 is 2.85 bits per heavy atom. The van der Waals surface area contributed by atoms with E-state index in [9.17, 15) is 4.79 Å². The first-order valence-corrected chi connectivity index (χ1v) is 8.01.